The van der Waals surface area contributed by atoms with E-state index in [4.69, 9.17) is 24.4 Å². The highest BCUT2D eigenvalue weighted by Crippen LogP contribution is 2.50. The van der Waals surface area contributed by atoms with Crippen LogP contribution in [0.15, 0.2) is 140 Å². The van der Waals surface area contributed by atoms with E-state index in [2.05, 4.69) is 52.1 Å². The van der Waals surface area contributed by atoms with Crippen molar-refractivity contribution in [2.45, 2.75) is 46.5 Å². The molecule has 7 nitrogen and oxygen atoms in total. The number of para-hydroxylation sites is 3. The van der Waals surface area contributed by atoms with Gasteiger partial charge in [-0.1, -0.05) is 126 Å². The number of carbonyl (C=O) groups is 1. The summed E-state index contributed by atoms with van der Waals surface area (Å²) in [4.78, 5) is 14.6. The van der Waals surface area contributed by atoms with Crippen LogP contribution in [0.2, 0.25) is 0 Å². The maximum Gasteiger partial charge on any atom is 0.198 e. The monoisotopic (exact) mass is 725 g/mol. The van der Waals surface area contributed by atoms with E-state index >= 15 is 0 Å². The summed E-state index contributed by atoms with van der Waals surface area (Å²) >= 11 is 0. The first-order valence-electron chi connectivity index (χ1n) is 18.6. The van der Waals surface area contributed by atoms with Crippen molar-refractivity contribution in [3.8, 4) is 51.1 Å². The van der Waals surface area contributed by atoms with E-state index in [0.717, 1.165) is 34.5 Å². The molecule has 0 saturated heterocycles. The Morgan fingerprint density at radius 3 is 1.85 bits per heavy atom. The smallest absolute Gasteiger partial charge is 0.198 e. The Morgan fingerprint density at radius 2 is 1.16 bits per heavy atom. The van der Waals surface area contributed by atoms with Gasteiger partial charge in [0.2, 0.25) is 0 Å². The SMILES string of the molecule is CC(C)(C)CC(C)(C)c1ccc(Oc2cc(Oc3ccccc3)c3c4c(c(-c5ccccc5NCOc5ccccc5)nnc24)-c2ccccc2C3=O)cc1. The van der Waals surface area contributed by atoms with Crippen LogP contribution in [-0.4, -0.2) is 22.7 Å². The van der Waals surface area contributed by atoms with Crippen molar-refractivity contribution in [2.75, 3.05) is 12.0 Å². The van der Waals surface area contributed by atoms with Crippen molar-refractivity contribution in [3.63, 3.8) is 0 Å². The average molecular weight is 726 g/mol. The van der Waals surface area contributed by atoms with Crippen molar-refractivity contribution in [3.05, 3.63) is 156 Å². The van der Waals surface area contributed by atoms with Gasteiger partial charge in [-0.15, -0.1) is 10.2 Å². The second-order valence-electron chi connectivity index (χ2n) is 15.8. The van der Waals surface area contributed by atoms with E-state index in [1.807, 2.05) is 121 Å². The standard InChI is InChI=1S/C48H43N3O4/c1-47(2,3)29-48(4,5)31-24-26-34(27-25-31)55-40-28-39(54-33-18-10-7-11-19-33)42-43-41(35-20-12-13-21-36(35)46(42)52)44(50-51-45(40)43)37-22-14-15-23-38(37)49-30-53-32-16-8-6-9-17-32/h6-28,49H,29-30H2,1-5H3. The van der Waals surface area contributed by atoms with E-state index < -0.39 is 0 Å². The molecule has 1 aliphatic rings. The van der Waals surface area contributed by atoms with Crippen LogP contribution in [0, 0.1) is 5.41 Å². The lowest BCUT2D eigenvalue weighted by molar-refractivity contribution is 0.103. The first-order valence-corrected chi connectivity index (χ1v) is 18.6. The van der Waals surface area contributed by atoms with Crippen molar-refractivity contribution in [2.24, 2.45) is 5.41 Å². The zero-order chi connectivity index (χ0) is 38.2. The highest BCUT2D eigenvalue weighted by atomic mass is 16.5. The van der Waals surface area contributed by atoms with Gasteiger partial charge in [-0.05, 0) is 70.8 Å². The number of aromatic nitrogens is 2. The van der Waals surface area contributed by atoms with E-state index in [-0.39, 0.29) is 23.3 Å². The fraction of sp³-hybridized carbons (Fsp3) is 0.188. The minimum absolute atomic E-state index is 0.0256. The third-order valence-corrected chi connectivity index (χ3v) is 9.87. The van der Waals surface area contributed by atoms with E-state index in [9.17, 15) is 4.79 Å². The second kappa shape index (κ2) is 14.4. The number of rotatable bonds is 11. The minimum Gasteiger partial charge on any atom is -0.473 e. The zero-order valence-corrected chi connectivity index (χ0v) is 31.7. The Labute approximate surface area is 322 Å². The highest BCUT2D eigenvalue weighted by molar-refractivity contribution is 6.29. The predicted octanol–water partition coefficient (Wildman–Crippen LogP) is 12.3. The van der Waals surface area contributed by atoms with Gasteiger partial charge in [0.05, 0.1) is 5.56 Å². The minimum atomic E-state index is -0.155. The van der Waals surface area contributed by atoms with Crippen LogP contribution in [0.3, 0.4) is 0 Å². The molecule has 0 fully saturated rings. The third kappa shape index (κ3) is 7.26. The molecule has 274 valence electrons. The van der Waals surface area contributed by atoms with Gasteiger partial charge in [0.15, 0.2) is 18.3 Å². The molecule has 0 radical (unpaired) electrons. The lowest BCUT2D eigenvalue weighted by atomic mass is 9.72. The number of nitrogens with zero attached hydrogens (tertiary/aromatic N) is 2. The van der Waals surface area contributed by atoms with Gasteiger partial charge >= 0.3 is 0 Å². The second-order valence-corrected chi connectivity index (χ2v) is 15.8. The number of anilines is 1. The van der Waals surface area contributed by atoms with Gasteiger partial charge in [-0.25, -0.2) is 0 Å². The number of hydrogen-bond donors (Lipinski definition) is 1. The maximum absolute atomic E-state index is 14.6. The molecular weight excluding hydrogens is 683 g/mol. The van der Waals surface area contributed by atoms with Gasteiger partial charge in [-0.2, -0.15) is 0 Å². The Balaban J connectivity index is 1.29. The molecule has 7 aromatic rings. The van der Waals surface area contributed by atoms with E-state index in [1.165, 1.54) is 5.56 Å². The normalized spacial score (nSPS) is 12.3. The summed E-state index contributed by atoms with van der Waals surface area (Å²) in [6, 6.07) is 44.7. The molecular formula is C48H43N3O4. The molecule has 55 heavy (non-hydrogen) atoms. The van der Waals surface area contributed by atoms with Crippen LogP contribution >= 0.6 is 0 Å². The number of hydrogen-bond acceptors (Lipinski definition) is 7. The van der Waals surface area contributed by atoms with Crippen molar-refractivity contribution in [1.29, 1.82) is 0 Å². The summed E-state index contributed by atoms with van der Waals surface area (Å²) < 4.78 is 19.2. The van der Waals surface area contributed by atoms with Crippen LogP contribution in [-0.2, 0) is 5.41 Å². The number of carbonyl (C=O) groups excluding carboxylic acids is 1. The summed E-state index contributed by atoms with van der Waals surface area (Å²) in [5, 5.41) is 13.8. The van der Waals surface area contributed by atoms with Gasteiger partial charge in [0.1, 0.15) is 34.2 Å². The van der Waals surface area contributed by atoms with E-state index in [1.54, 1.807) is 6.07 Å². The van der Waals surface area contributed by atoms with Gasteiger partial charge < -0.3 is 19.5 Å². The molecule has 7 heteroatoms. The average Bonchev–Trinajstić information content (AvgIpc) is 3.17. The summed E-state index contributed by atoms with van der Waals surface area (Å²) in [6.45, 7) is 11.6. The quantitative estimate of drug-likeness (QED) is 0.133. The van der Waals surface area contributed by atoms with Crippen LogP contribution in [0.4, 0.5) is 5.69 Å². The molecule has 1 aliphatic carbocycles. The Kier molecular flexibility index (Phi) is 9.31. The first-order chi connectivity index (χ1) is 26.6. The van der Waals surface area contributed by atoms with Gasteiger partial charge in [-0.3, -0.25) is 4.79 Å². The molecule has 0 atom stereocenters. The number of fused-ring (bicyclic) bond motifs is 2. The van der Waals surface area contributed by atoms with Crippen LogP contribution in [0.25, 0.3) is 33.3 Å². The molecule has 0 bridgehead atoms. The molecule has 1 heterocycles. The number of ketones is 1. The molecule has 0 unspecified atom stereocenters. The lowest BCUT2D eigenvalue weighted by Gasteiger charge is -2.33. The van der Waals surface area contributed by atoms with Crippen LogP contribution in [0.5, 0.6) is 28.7 Å². The highest BCUT2D eigenvalue weighted by Gasteiger charge is 2.34. The fourth-order valence-corrected chi connectivity index (χ4v) is 7.81. The molecule has 0 spiro atoms. The Morgan fingerprint density at radius 1 is 0.582 bits per heavy atom. The molecule has 1 aromatic heterocycles. The van der Waals surface area contributed by atoms with Gasteiger partial charge in [0, 0.05) is 33.8 Å². The predicted molar refractivity (Wildman–Crippen MR) is 220 cm³/mol. The van der Waals surface area contributed by atoms with Crippen molar-refractivity contribution >= 4 is 22.4 Å². The first kappa shape index (κ1) is 35.6. The summed E-state index contributed by atoms with van der Waals surface area (Å²) in [5.41, 5.74) is 6.58. The summed E-state index contributed by atoms with van der Waals surface area (Å²) in [6.07, 6.45) is 1.03. The van der Waals surface area contributed by atoms with Crippen LogP contribution < -0.4 is 19.5 Å². The summed E-state index contributed by atoms with van der Waals surface area (Å²) in [7, 11) is 0. The number of nitrogens with one attached hydrogen (secondary N) is 1. The molecule has 0 saturated carbocycles. The molecule has 1 N–H and O–H groups in total. The Hall–Kier alpha value is -6.47. The van der Waals surface area contributed by atoms with Crippen LogP contribution in [0.1, 0.15) is 62.5 Å². The lowest BCUT2D eigenvalue weighted by Crippen LogP contribution is -2.24. The Bertz CT molecular complexity index is 2510. The molecule has 0 amide bonds. The number of benzene rings is 6. The van der Waals surface area contributed by atoms with Crippen molar-refractivity contribution in [1.82, 2.24) is 10.2 Å². The van der Waals surface area contributed by atoms with E-state index in [0.29, 0.717) is 50.7 Å². The fourth-order valence-electron chi connectivity index (χ4n) is 7.81. The summed E-state index contributed by atoms with van der Waals surface area (Å²) in [5.74, 6) is 2.64. The number of ether oxygens (including phenoxy) is 3. The largest absolute Gasteiger partial charge is 0.473 e. The molecule has 6 aromatic carbocycles. The zero-order valence-electron chi connectivity index (χ0n) is 31.7. The maximum atomic E-state index is 14.6. The third-order valence-electron chi connectivity index (χ3n) is 9.87. The van der Waals surface area contributed by atoms with Crippen molar-refractivity contribution < 1.29 is 19.0 Å². The molecule has 0 aliphatic heterocycles. The molecule has 8 rings (SSSR count). The topological polar surface area (TPSA) is 82.6 Å². The van der Waals surface area contributed by atoms with Gasteiger partial charge in [0.25, 0.3) is 0 Å².